The molecule has 0 saturated heterocycles. The predicted octanol–water partition coefficient (Wildman–Crippen LogP) is -0.176. The summed E-state index contributed by atoms with van der Waals surface area (Å²) in [5, 5.41) is 2.68. The molecule has 1 amide bonds. The molecule has 0 bridgehead atoms. The van der Waals surface area contributed by atoms with Gasteiger partial charge in [-0.25, -0.2) is 4.79 Å². The summed E-state index contributed by atoms with van der Waals surface area (Å²) in [7, 11) is 0. The molecule has 122 valence electrons. The molecule has 2 heterocycles. The molecule has 2 aromatic heterocycles. The number of amides is 1. The zero-order valence-corrected chi connectivity index (χ0v) is 12.9. The summed E-state index contributed by atoms with van der Waals surface area (Å²) < 4.78 is 6.73. The molecule has 0 fully saturated rings. The van der Waals surface area contributed by atoms with Crippen LogP contribution in [0.15, 0.2) is 40.3 Å². The van der Waals surface area contributed by atoms with Crippen LogP contribution >= 0.6 is 0 Å². The molecule has 0 aromatic carbocycles. The fraction of sp³-hybridized carbons (Fsp3) is 0.333. The van der Waals surface area contributed by atoms with E-state index in [1.165, 1.54) is 6.20 Å². The SMILES string of the molecule is Cc1cn(CC(=O)NCC(C)Oc2cccnc2)c(=O)[nH]c1=O. The molecule has 0 spiro atoms. The largest absolute Gasteiger partial charge is 0.487 e. The van der Waals surface area contributed by atoms with Gasteiger partial charge in [-0.05, 0) is 26.0 Å². The molecular formula is C15H18N4O4. The minimum atomic E-state index is -0.615. The van der Waals surface area contributed by atoms with Crippen LogP contribution in [0.1, 0.15) is 12.5 Å². The van der Waals surface area contributed by atoms with Gasteiger partial charge < -0.3 is 10.1 Å². The van der Waals surface area contributed by atoms with Gasteiger partial charge in [-0.1, -0.05) is 0 Å². The number of aromatic amines is 1. The highest BCUT2D eigenvalue weighted by Crippen LogP contribution is 2.08. The number of H-pyrrole nitrogens is 1. The molecule has 0 aliphatic heterocycles. The highest BCUT2D eigenvalue weighted by atomic mass is 16.5. The Kier molecular flexibility index (Phi) is 5.29. The maximum absolute atomic E-state index is 11.9. The lowest BCUT2D eigenvalue weighted by molar-refractivity contribution is -0.122. The average Bonchev–Trinajstić information content (AvgIpc) is 2.51. The lowest BCUT2D eigenvalue weighted by atomic mass is 10.3. The number of aryl methyl sites for hydroxylation is 1. The Bertz CT molecular complexity index is 782. The minimum absolute atomic E-state index is 0.171. The Balaban J connectivity index is 1.87. The molecule has 1 atom stereocenters. The van der Waals surface area contributed by atoms with Crippen LogP contribution in [0.4, 0.5) is 0 Å². The van der Waals surface area contributed by atoms with Crippen LogP contribution in [0.5, 0.6) is 5.75 Å². The van der Waals surface area contributed by atoms with E-state index in [1.807, 2.05) is 6.92 Å². The van der Waals surface area contributed by atoms with Crippen molar-refractivity contribution < 1.29 is 9.53 Å². The number of hydrogen-bond acceptors (Lipinski definition) is 5. The molecule has 0 saturated carbocycles. The number of carbonyl (C=O) groups is 1. The van der Waals surface area contributed by atoms with Crippen LogP contribution in [0.2, 0.25) is 0 Å². The summed E-state index contributed by atoms with van der Waals surface area (Å²) in [5.74, 6) is 0.266. The normalized spacial score (nSPS) is 11.7. The monoisotopic (exact) mass is 318 g/mol. The Morgan fingerprint density at radius 3 is 2.96 bits per heavy atom. The number of aromatic nitrogens is 3. The van der Waals surface area contributed by atoms with Gasteiger partial charge >= 0.3 is 5.69 Å². The molecular weight excluding hydrogens is 300 g/mol. The lowest BCUT2D eigenvalue weighted by Crippen LogP contribution is -2.39. The first-order valence-corrected chi connectivity index (χ1v) is 7.09. The molecule has 0 radical (unpaired) electrons. The maximum atomic E-state index is 11.9. The summed E-state index contributed by atoms with van der Waals surface area (Å²) >= 11 is 0. The van der Waals surface area contributed by atoms with Gasteiger partial charge in [-0.3, -0.25) is 24.1 Å². The zero-order valence-electron chi connectivity index (χ0n) is 12.9. The van der Waals surface area contributed by atoms with E-state index in [4.69, 9.17) is 4.74 Å². The van der Waals surface area contributed by atoms with E-state index in [0.717, 1.165) is 4.57 Å². The van der Waals surface area contributed by atoms with Gasteiger partial charge in [0.2, 0.25) is 5.91 Å². The van der Waals surface area contributed by atoms with Crippen molar-refractivity contribution >= 4 is 5.91 Å². The van der Waals surface area contributed by atoms with Gasteiger partial charge in [-0.15, -0.1) is 0 Å². The van der Waals surface area contributed by atoms with Crippen LogP contribution in [0.3, 0.4) is 0 Å². The summed E-state index contributed by atoms with van der Waals surface area (Å²) in [6.45, 7) is 3.49. The third-order valence-electron chi connectivity index (χ3n) is 3.06. The number of carbonyl (C=O) groups excluding carboxylic acids is 1. The van der Waals surface area contributed by atoms with Gasteiger partial charge in [0.05, 0.1) is 12.7 Å². The molecule has 8 heteroatoms. The van der Waals surface area contributed by atoms with Crippen LogP contribution in [-0.4, -0.2) is 33.1 Å². The number of ether oxygens (including phenoxy) is 1. The van der Waals surface area contributed by atoms with Crippen molar-refractivity contribution in [1.82, 2.24) is 19.9 Å². The van der Waals surface area contributed by atoms with Crippen molar-refractivity contribution in [3.63, 3.8) is 0 Å². The summed E-state index contributed by atoms with van der Waals surface area (Å²) in [6, 6.07) is 3.53. The second-order valence-corrected chi connectivity index (χ2v) is 5.12. The molecule has 0 aliphatic carbocycles. The Morgan fingerprint density at radius 2 is 2.26 bits per heavy atom. The predicted molar refractivity (Wildman–Crippen MR) is 83.4 cm³/mol. The molecule has 2 rings (SSSR count). The Labute approximate surface area is 132 Å². The van der Waals surface area contributed by atoms with Crippen LogP contribution < -0.4 is 21.3 Å². The first kappa shape index (κ1) is 16.5. The van der Waals surface area contributed by atoms with E-state index in [2.05, 4.69) is 15.3 Å². The van der Waals surface area contributed by atoms with Crippen molar-refractivity contribution in [3.8, 4) is 5.75 Å². The lowest BCUT2D eigenvalue weighted by Gasteiger charge is -2.15. The topological polar surface area (TPSA) is 106 Å². The van der Waals surface area contributed by atoms with Gasteiger partial charge in [0.1, 0.15) is 18.4 Å². The van der Waals surface area contributed by atoms with Crippen molar-refractivity contribution in [2.24, 2.45) is 0 Å². The number of rotatable bonds is 6. The number of nitrogens with one attached hydrogen (secondary N) is 2. The average molecular weight is 318 g/mol. The molecule has 23 heavy (non-hydrogen) atoms. The first-order chi connectivity index (χ1) is 11.0. The summed E-state index contributed by atoms with van der Waals surface area (Å²) in [5.41, 5.74) is -0.703. The van der Waals surface area contributed by atoms with E-state index in [-0.39, 0.29) is 25.1 Å². The van der Waals surface area contributed by atoms with Gasteiger partial charge in [0.25, 0.3) is 5.56 Å². The third-order valence-corrected chi connectivity index (χ3v) is 3.06. The second-order valence-electron chi connectivity index (χ2n) is 5.12. The summed E-state index contributed by atoms with van der Waals surface area (Å²) in [6.07, 6.45) is 4.33. The highest BCUT2D eigenvalue weighted by molar-refractivity contribution is 5.75. The molecule has 2 N–H and O–H groups in total. The van der Waals surface area contributed by atoms with E-state index in [9.17, 15) is 14.4 Å². The number of pyridine rings is 1. The van der Waals surface area contributed by atoms with Crippen LogP contribution in [-0.2, 0) is 11.3 Å². The third kappa shape index (κ3) is 4.80. The van der Waals surface area contributed by atoms with Gasteiger partial charge in [0.15, 0.2) is 0 Å². The molecule has 1 unspecified atom stereocenters. The van der Waals surface area contributed by atoms with E-state index < -0.39 is 11.2 Å². The van der Waals surface area contributed by atoms with E-state index in [0.29, 0.717) is 11.3 Å². The maximum Gasteiger partial charge on any atom is 0.328 e. The highest BCUT2D eigenvalue weighted by Gasteiger charge is 2.09. The molecule has 8 nitrogen and oxygen atoms in total. The quantitative estimate of drug-likeness (QED) is 0.769. The molecule has 0 aliphatic rings. The molecule has 2 aromatic rings. The number of hydrogen-bond donors (Lipinski definition) is 2. The fourth-order valence-corrected chi connectivity index (χ4v) is 1.89. The zero-order chi connectivity index (χ0) is 16.8. The van der Waals surface area contributed by atoms with Crippen molar-refractivity contribution in [2.75, 3.05) is 6.54 Å². The Hall–Kier alpha value is -2.90. The van der Waals surface area contributed by atoms with Crippen molar-refractivity contribution in [2.45, 2.75) is 26.5 Å². The van der Waals surface area contributed by atoms with Gasteiger partial charge in [0, 0.05) is 18.0 Å². The number of nitrogens with zero attached hydrogens (tertiary/aromatic N) is 2. The second kappa shape index (κ2) is 7.39. The standard InChI is InChI=1S/C15H18N4O4/c1-10-8-19(15(22)18-14(10)21)9-13(20)17-6-11(2)23-12-4-3-5-16-7-12/h3-5,7-8,11H,6,9H2,1-2H3,(H,17,20)(H,18,21,22). The summed E-state index contributed by atoms with van der Waals surface area (Å²) in [4.78, 5) is 40.8. The van der Waals surface area contributed by atoms with Crippen molar-refractivity contribution in [1.29, 1.82) is 0 Å². The fourth-order valence-electron chi connectivity index (χ4n) is 1.89. The van der Waals surface area contributed by atoms with Gasteiger partial charge in [-0.2, -0.15) is 0 Å². The minimum Gasteiger partial charge on any atom is -0.487 e. The van der Waals surface area contributed by atoms with Crippen LogP contribution in [0, 0.1) is 6.92 Å². The van der Waals surface area contributed by atoms with Crippen LogP contribution in [0.25, 0.3) is 0 Å². The van der Waals surface area contributed by atoms with Crippen molar-refractivity contribution in [3.05, 3.63) is 57.1 Å². The van der Waals surface area contributed by atoms with E-state index >= 15 is 0 Å². The smallest absolute Gasteiger partial charge is 0.328 e. The first-order valence-electron chi connectivity index (χ1n) is 7.09. The Morgan fingerprint density at radius 1 is 1.48 bits per heavy atom. The van der Waals surface area contributed by atoms with E-state index in [1.54, 1.807) is 31.5 Å².